The number of carbonyl (C=O) groups excluding carboxylic acids is 1. The zero-order chi connectivity index (χ0) is 30.6. The number of alkyl halides is 3. The van der Waals surface area contributed by atoms with Crippen LogP contribution in [-0.2, 0) is 36.5 Å². The number of halogens is 3. The van der Waals surface area contributed by atoms with Crippen LogP contribution >= 0.6 is 0 Å². The van der Waals surface area contributed by atoms with Crippen LogP contribution in [0.2, 0.25) is 0 Å². The minimum absolute atomic E-state index is 0.00761. The number of nitrogens with one attached hydrogen (secondary N) is 2. The average Bonchev–Trinajstić information content (AvgIpc) is 3.51. The van der Waals surface area contributed by atoms with E-state index in [-0.39, 0.29) is 35.9 Å². The summed E-state index contributed by atoms with van der Waals surface area (Å²) >= 11 is 0. The monoisotopic (exact) mass is 594 g/mol. The van der Waals surface area contributed by atoms with Gasteiger partial charge in [0.15, 0.2) is 0 Å². The van der Waals surface area contributed by atoms with Gasteiger partial charge >= 0.3 is 6.18 Å². The van der Waals surface area contributed by atoms with E-state index in [2.05, 4.69) is 34.3 Å². The Morgan fingerprint density at radius 3 is 2.56 bits per heavy atom. The van der Waals surface area contributed by atoms with Crippen molar-refractivity contribution in [2.45, 2.75) is 75.4 Å². The maximum Gasteiger partial charge on any atom is 0.416 e. The van der Waals surface area contributed by atoms with Crippen LogP contribution in [0.5, 0.6) is 0 Å². The second-order valence-electron chi connectivity index (χ2n) is 12.4. The Hall–Kier alpha value is -3.70. The van der Waals surface area contributed by atoms with E-state index in [1.807, 2.05) is 23.7 Å². The molecule has 0 radical (unpaired) electrons. The fraction of sp³-hybridized carbons (Fsp3) is 0.469. The van der Waals surface area contributed by atoms with E-state index in [0.717, 1.165) is 36.3 Å². The van der Waals surface area contributed by atoms with Gasteiger partial charge in [-0.05, 0) is 86.1 Å². The molecule has 8 nitrogen and oxygen atoms in total. The lowest BCUT2D eigenvalue weighted by molar-refractivity contribution is -0.138. The summed E-state index contributed by atoms with van der Waals surface area (Å²) in [6.07, 6.45) is 3.17. The molecular weight excluding hydrogens is 557 g/mol. The van der Waals surface area contributed by atoms with Crippen LogP contribution in [0.15, 0.2) is 49.3 Å². The minimum atomic E-state index is -4.59. The Bertz CT molecular complexity index is 1550. The molecule has 2 N–H and O–H groups in total. The molecule has 1 aliphatic heterocycles. The average molecular weight is 595 g/mol. The molecule has 2 saturated carbocycles. The zero-order valence-electron chi connectivity index (χ0n) is 24.7. The highest BCUT2D eigenvalue weighted by atomic mass is 19.4. The van der Waals surface area contributed by atoms with E-state index in [0.29, 0.717) is 30.6 Å². The topological polar surface area (TPSA) is 84.3 Å². The summed E-state index contributed by atoms with van der Waals surface area (Å²) in [7, 11) is 3.56. The summed E-state index contributed by atoms with van der Waals surface area (Å²) in [6, 6.07) is 8.53. The Kier molecular flexibility index (Phi) is 7.37. The number of amides is 1. The lowest BCUT2D eigenvalue weighted by Crippen LogP contribution is -2.48. The first kappa shape index (κ1) is 29.4. The Labute approximate surface area is 249 Å². The van der Waals surface area contributed by atoms with Gasteiger partial charge < -0.3 is 24.8 Å². The molecule has 2 heterocycles. The summed E-state index contributed by atoms with van der Waals surface area (Å²) in [5.41, 5.74) is 1.33. The molecular formula is C32H37F3N6O2. The van der Waals surface area contributed by atoms with E-state index in [4.69, 9.17) is 4.74 Å². The van der Waals surface area contributed by atoms with Gasteiger partial charge in [0.1, 0.15) is 12.2 Å². The van der Waals surface area contributed by atoms with Gasteiger partial charge in [-0.25, -0.2) is 0 Å². The van der Waals surface area contributed by atoms with Crippen LogP contribution in [0, 0.1) is 0 Å². The lowest BCUT2D eigenvalue weighted by Gasteiger charge is -2.46. The molecule has 0 spiro atoms. The predicted molar refractivity (Wildman–Crippen MR) is 158 cm³/mol. The third-order valence-electron chi connectivity index (χ3n) is 9.44. The number of aromatic nitrogens is 3. The second kappa shape index (κ2) is 10.8. The highest BCUT2D eigenvalue weighted by Gasteiger charge is 2.51. The number of ether oxygens (including phenoxy) is 1. The number of anilines is 2. The first-order chi connectivity index (χ1) is 20.5. The molecule has 43 heavy (non-hydrogen) atoms. The van der Waals surface area contributed by atoms with E-state index < -0.39 is 23.1 Å². The first-order valence-corrected chi connectivity index (χ1v) is 14.6. The number of aryl methyl sites for hydroxylation is 1. The summed E-state index contributed by atoms with van der Waals surface area (Å²) in [6.45, 7) is 6.44. The van der Waals surface area contributed by atoms with Gasteiger partial charge in [0.2, 0.25) is 0 Å². The van der Waals surface area contributed by atoms with Gasteiger partial charge in [-0.3, -0.25) is 4.79 Å². The standard InChI is InChI=1S/C32H37F3N6O2/c1-5-9-36-22-12-21(31(15-24(16-31)43-4)29-39-38-19-40(29)3)13-23(14-22)41-18-26-25(28(41)42)10-20(11-27(26)32(33,34)35)17-37-30(2)7-6-8-30/h5,10-14,19,24,36-37H,1,6-9,15-18H2,2-4H3. The predicted octanol–water partition coefficient (Wildman–Crippen LogP) is 5.72. The molecule has 0 atom stereocenters. The van der Waals surface area contributed by atoms with Crippen LogP contribution in [0.1, 0.15) is 77.5 Å². The molecule has 6 rings (SSSR count). The zero-order valence-corrected chi connectivity index (χ0v) is 24.7. The third-order valence-corrected chi connectivity index (χ3v) is 9.44. The minimum Gasteiger partial charge on any atom is -0.382 e. The molecule has 0 bridgehead atoms. The maximum atomic E-state index is 14.4. The molecule has 1 amide bonds. The second-order valence-corrected chi connectivity index (χ2v) is 12.4. The molecule has 3 aromatic rings. The van der Waals surface area contributed by atoms with Crippen molar-refractivity contribution in [3.8, 4) is 0 Å². The highest BCUT2D eigenvalue weighted by Crippen LogP contribution is 2.51. The Morgan fingerprint density at radius 2 is 1.95 bits per heavy atom. The van der Waals surface area contributed by atoms with Crippen molar-refractivity contribution in [1.29, 1.82) is 0 Å². The Morgan fingerprint density at radius 1 is 1.19 bits per heavy atom. The van der Waals surface area contributed by atoms with Gasteiger partial charge in [0.05, 0.1) is 23.6 Å². The van der Waals surface area contributed by atoms with Crippen molar-refractivity contribution >= 4 is 17.3 Å². The van der Waals surface area contributed by atoms with E-state index in [1.165, 1.54) is 11.0 Å². The number of rotatable bonds is 10. The number of methoxy groups -OCH3 is 1. The number of carbonyl (C=O) groups is 1. The molecule has 1 aromatic heterocycles. The van der Waals surface area contributed by atoms with Crippen molar-refractivity contribution < 1.29 is 22.7 Å². The molecule has 0 saturated heterocycles. The SMILES string of the molecule is C=CCNc1cc(N2Cc3c(cc(CNC4(C)CCC4)cc3C(F)(F)F)C2=O)cc(C2(c3nncn3C)CC(OC)C2)c1. The maximum absolute atomic E-state index is 14.4. The van der Waals surface area contributed by atoms with Crippen LogP contribution in [-0.4, -0.2) is 46.0 Å². The molecule has 2 aliphatic carbocycles. The molecule has 11 heteroatoms. The lowest BCUT2D eigenvalue weighted by atomic mass is 9.61. The number of benzene rings is 2. The van der Waals surface area contributed by atoms with Gasteiger partial charge in [-0.15, -0.1) is 16.8 Å². The number of nitrogens with zero attached hydrogens (tertiary/aromatic N) is 4. The van der Waals surface area contributed by atoms with Gasteiger partial charge in [-0.1, -0.05) is 6.08 Å². The van der Waals surface area contributed by atoms with Gasteiger partial charge in [0, 0.05) is 49.7 Å². The van der Waals surface area contributed by atoms with E-state index in [9.17, 15) is 18.0 Å². The van der Waals surface area contributed by atoms with Crippen molar-refractivity contribution in [1.82, 2.24) is 20.1 Å². The summed E-state index contributed by atoms with van der Waals surface area (Å²) < 4.78 is 50.6. The molecule has 2 fully saturated rings. The smallest absolute Gasteiger partial charge is 0.382 e. The van der Waals surface area contributed by atoms with Crippen LogP contribution in [0.25, 0.3) is 0 Å². The third kappa shape index (κ3) is 5.22. The van der Waals surface area contributed by atoms with E-state index in [1.54, 1.807) is 31.6 Å². The van der Waals surface area contributed by atoms with Crippen molar-refractivity contribution in [3.63, 3.8) is 0 Å². The number of hydrogen-bond donors (Lipinski definition) is 2. The summed E-state index contributed by atoms with van der Waals surface area (Å²) in [5, 5.41) is 15.2. The van der Waals surface area contributed by atoms with Gasteiger partial charge in [0.25, 0.3) is 5.91 Å². The molecule has 3 aliphatic rings. The Balaban J connectivity index is 1.40. The molecule has 0 unspecified atom stereocenters. The van der Waals surface area contributed by atoms with Crippen molar-refractivity contribution in [3.05, 3.63) is 83.0 Å². The largest absolute Gasteiger partial charge is 0.416 e. The number of hydrogen-bond acceptors (Lipinski definition) is 6. The molecule has 228 valence electrons. The highest BCUT2D eigenvalue weighted by molar-refractivity contribution is 6.10. The quantitative estimate of drug-likeness (QED) is 0.292. The molecule has 2 aromatic carbocycles. The van der Waals surface area contributed by atoms with Crippen LogP contribution in [0.4, 0.5) is 24.5 Å². The summed E-state index contributed by atoms with van der Waals surface area (Å²) in [4.78, 5) is 15.4. The fourth-order valence-electron chi connectivity index (χ4n) is 6.71. The van der Waals surface area contributed by atoms with Crippen LogP contribution < -0.4 is 15.5 Å². The van der Waals surface area contributed by atoms with Gasteiger partial charge in [-0.2, -0.15) is 13.2 Å². The normalized spacial score (nSPS) is 22.6. The summed E-state index contributed by atoms with van der Waals surface area (Å²) in [5.74, 6) is 0.320. The van der Waals surface area contributed by atoms with Crippen molar-refractivity contribution in [2.24, 2.45) is 7.05 Å². The van der Waals surface area contributed by atoms with Crippen LogP contribution in [0.3, 0.4) is 0 Å². The first-order valence-electron chi connectivity index (χ1n) is 14.6. The fourth-order valence-corrected chi connectivity index (χ4v) is 6.71. The number of fused-ring (bicyclic) bond motifs is 1. The van der Waals surface area contributed by atoms with E-state index >= 15 is 0 Å². The van der Waals surface area contributed by atoms with Crippen molar-refractivity contribution in [2.75, 3.05) is 23.9 Å².